The van der Waals surface area contributed by atoms with Crippen molar-refractivity contribution in [3.63, 3.8) is 0 Å². The van der Waals surface area contributed by atoms with Crippen molar-refractivity contribution >= 4 is 21.6 Å². The Morgan fingerprint density at radius 3 is 2.67 bits per heavy atom. The molecule has 2 rings (SSSR count). The molecule has 10 heteroatoms. The fraction of sp³-hybridized carbons (Fsp3) is 0.214. The molecule has 0 fully saturated rings. The number of carbonyl (C=O) groups is 1. The molecule has 2 aromatic rings. The molecule has 0 radical (unpaired) electrons. The number of sulfonamides is 1. The van der Waals surface area contributed by atoms with Crippen LogP contribution in [0.2, 0.25) is 0 Å². The quantitative estimate of drug-likeness (QED) is 0.566. The molecule has 0 aliphatic rings. The van der Waals surface area contributed by atoms with Gasteiger partial charge in [-0.05, 0) is 25.1 Å². The summed E-state index contributed by atoms with van der Waals surface area (Å²) in [6.45, 7) is 0.970. The van der Waals surface area contributed by atoms with Gasteiger partial charge in [-0.25, -0.2) is 13.1 Å². The average molecular weight is 353 g/mol. The molecule has 0 aliphatic heterocycles. The third kappa shape index (κ3) is 4.18. The van der Waals surface area contributed by atoms with Crippen LogP contribution in [0.4, 0.5) is 5.69 Å². The first-order valence-corrected chi connectivity index (χ1v) is 8.32. The largest absolute Gasteiger partial charge is 0.467 e. The lowest BCUT2D eigenvalue weighted by molar-refractivity contribution is -0.385. The van der Waals surface area contributed by atoms with Gasteiger partial charge in [0.2, 0.25) is 15.9 Å². The molecule has 0 bridgehead atoms. The summed E-state index contributed by atoms with van der Waals surface area (Å²) in [5, 5.41) is 13.4. The minimum Gasteiger partial charge on any atom is -0.467 e. The molecule has 9 nitrogen and oxygen atoms in total. The lowest BCUT2D eigenvalue weighted by Crippen LogP contribution is -2.36. The van der Waals surface area contributed by atoms with Gasteiger partial charge >= 0.3 is 0 Å². The second kappa shape index (κ2) is 7.23. The zero-order chi connectivity index (χ0) is 17.7. The average Bonchev–Trinajstić information content (AvgIpc) is 3.04. The molecule has 2 N–H and O–H groups in total. The number of nitro benzene ring substituents is 1. The summed E-state index contributed by atoms with van der Waals surface area (Å²) < 4.78 is 31.6. The van der Waals surface area contributed by atoms with Crippen LogP contribution in [0.3, 0.4) is 0 Å². The summed E-state index contributed by atoms with van der Waals surface area (Å²) >= 11 is 0. The monoisotopic (exact) mass is 353 g/mol. The zero-order valence-electron chi connectivity index (χ0n) is 12.7. The number of furan rings is 1. The smallest absolute Gasteiger partial charge is 0.273 e. The van der Waals surface area contributed by atoms with Crippen LogP contribution in [0.15, 0.2) is 45.9 Å². The highest BCUT2D eigenvalue weighted by Crippen LogP contribution is 2.24. The maximum absolute atomic E-state index is 12.2. The zero-order valence-corrected chi connectivity index (χ0v) is 13.5. The molecule has 1 amide bonds. The van der Waals surface area contributed by atoms with Crippen LogP contribution in [-0.4, -0.2) is 25.8 Å². The van der Waals surface area contributed by atoms with Crippen LogP contribution in [-0.2, 0) is 21.4 Å². The molecular weight excluding hydrogens is 338 g/mol. The summed E-state index contributed by atoms with van der Waals surface area (Å²) in [5.74, 6) is -0.0289. The lowest BCUT2D eigenvalue weighted by Gasteiger charge is -2.09. The highest BCUT2D eigenvalue weighted by Gasteiger charge is 2.23. The van der Waals surface area contributed by atoms with Gasteiger partial charge in [0, 0.05) is 11.6 Å². The number of nitro groups is 1. The van der Waals surface area contributed by atoms with Crippen LogP contribution in [0.1, 0.15) is 11.3 Å². The van der Waals surface area contributed by atoms with E-state index in [9.17, 15) is 23.3 Å². The number of nitrogens with one attached hydrogen (secondary N) is 2. The summed E-state index contributed by atoms with van der Waals surface area (Å²) in [5.41, 5.74) is -0.300. The highest BCUT2D eigenvalue weighted by molar-refractivity contribution is 7.89. The van der Waals surface area contributed by atoms with Gasteiger partial charge in [0.15, 0.2) is 0 Å². The van der Waals surface area contributed by atoms with E-state index < -0.39 is 27.4 Å². The Hall–Kier alpha value is -2.72. The molecule has 24 heavy (non-hydrogen) atoms. The van der Waals surface area contributed by atoms with Gasteiger partial charge in [0.25, 0.3) is 5.69 Å². The molecule has 0 aliphatic carbocycles. The Balaban J connectivity index is 2.02. The Labute approximate surface area is 137 Å². The van der Waals surface area contributed by atoms with Crippen LogP contribution >= 0.6 is 0 Å². The molecule has 1 heterocycles. The predicted molar refractivity (Wildman–Crippen MR) is 83.6 cm³/mol. The Bertz CT molecular complexity index is 845. The first kappa shape index (κ1) is 17.6. The third-order valence-electron chi connectivity index (χ3n) is 3.20. The van der Waals surface area contributed by atoms with Crippen LogP contribution in [0.5, 0.6) is 0 Å². The fourth-order valence-electron chi connectivity index (χ4n) is 1.99. The van der Waals surface area contributed by atoms with E-state index in [-0.39, 0.29) is 22.7 Å². The molecular formula is C14H15N3O6S. The standard InChI is InChI=1S/C14H15N3O6S/c1-10-12(17(19)20)5-2-6-13(10)24(21,22)16-9-14(18)15-8-11-4-3-7-23-11/h2-7,16H,8-9H2,1H3,(H,15,18). The topological polar surface area (TPSA) is 132 Å². The highest BCUT2D eigenvalue weighted by atomic mass is 32.2. The second-order valence-electron chi connectivity index (χ2n) is 4.84. The lowest BCUT2D eigenvalue weighted by atomic mass is 10.2. The van der Waals surface area contributed by atoms with E-state index in [4.69, 9.17) is 4.42 Å². The van der Waals surface area contributed by atoms with Crippen molar-refractivity contribution in [1.29, 1.82) is 0 Å². The van der Waals surface area contributed by atoms with Crippen molar-refractivity contribution in [3.8, 4) is 0 Å². The normalized spacial score (nSPS) is 11.2. The number of nitrogens with zero attached hydrogens (tertiary/aromatic N) is 1. The molecule has 128 valence electrons. The first-order valence-electron chi connectivity index (χ1n) is 6.84. The fourth-order valence-corrected chi connectivity index (χ4v) is 3.23. The van der Waals surface area contributed by atoms with Crippen molar-refractivity contribution in [3.05, 3.63) is 58.0 Å². The molecule has 1 aromatic carbocycles. The first-order chi connectivity index (χ1) is 11.3. The van der Waals surface area contributed by atoms with Crippen LogP contribution in [0, 0.1) is 17.0 Å². The molecule has 0 unspecified atom stereocenters. The molecule has 0 saturated carbocycles. The van der Waals surface area contributed by atoms with Gasteiger partial charge in [-0.3, -0.25) is 14.9 Å². The maximum atomic E-state index is 12.2. The number of carbonyl (C=O) groups excluding carboxylic acids is 1. The van der Waals surface area contributed by atoms with Crippen molar-refractivity contribution < 1.29 is 22.6 Å². The van der Waals surface area contributed by atoms with E-state index in [0.29, 0.717) is 5.76 Å². The van der Waals surface area contributed by atoms with E-state index >= 15 is 0 Å². The van der Waals surface area contributed by atoms with E-state index in [1.54, 1.807) is 12.1 Å². The molecule has 1 aromatic heterocycles. The SMILES string of the molecule is Cc1c([N+](=O)[O-])cccc1S(=O)(=O)NCC(=O)NCc1ccco1. The number of hydrogen-bond acceptors (Lipinski definition) is 6. The number of hydrogen-bond donors (Lipinski definition) is 2. The van der Waals surface area contributed by atoms with Crippen molar-refractivity contribution in [2.45, 2.75) is 18.4 Å². The number of benzene rings is 1. The molecule has 0 atom stereocenters. The van der Waals surface area contributed by atoms with Crippen molar-refractivity contribution in [1.82, 2.24) is 10.0 Å². The summed E-state index contributed by atoms with van der Waals surface area (Å²) in [6.07, 6.45) is 1.45. The number of amides is 1. The van der Waals surface area contributed by atoms with E-state index in [1.165, 1.54) is 31.4 Å². The van der Waals surface area contributed by atoms with Crippen LogP contribution in [0.25, 0.3) is 0 Å². The van der Waals surface area contributed by atoms with E-state index in [0.717, 1.165) is 0 Å². The van der Waals surface area contributed by atoms with E-state index in [1.807, 2.05) is 0 Å². The van der Waals surface area contributed by atoms with E-state index in [2.05, 4.69) is 10.0 Å². The summed E-state index contributed by atoms with van der Waals surface area (Å²) in [6, 6.07) is 7.05. The third-order valence-corrected chi connectivity index (χ3v) is 4.75. The van der Waals surface area contributed by atoms with Gasteiger partial charge in [-0.15, -0.1) is 0 Å². The Kier molecular flexibility index (Phi) is 5.31. The minimum atomic E-state index is -4.05. The van der Waals surface area contributed by atoms with Crippen molar-refractivity contribution in [2.75, 3.05) is 6.54 Å². The number of rotatable bonds is 7. The minimum absolute atomic E-state index is 0.00555. The van der Waals surface area contributed by atoms with Gasteiger partial charge in [-0.2, -0.15) is 0 Å². The Morgan fingerprint density at radius 2 is 2.04 bits per heavy atom. The molecule has 0 saturated heterocycles. The van der Waals surface area contributed by atoms with Gasteiger partial charge in [-0.1, -0.05) is 6.07 Å². The summed E-state index contributed by atoms with van der Waals surface area (Å²) in [7, 11) is -4.05. The maximum Gasteiger partial charge on any atom is 0.273 e. The van der Waals surface area contributed by atoms with Gasteiger partial charge in [0.05, 0.1) is 29.2 Å². The predicted octanol–water partition coefficient (Wildman–Crippen LogP) is 1.09. The second-order valence-corrected chi connectivity index (χ2v) is 6.57. The molecule has 0 spiro atoms. The van der Waals surface area contributed by atoms with Crippen molar-refractivity contribution in [2.24, 2.45) is 0 Å². The van der Waals surface area contributed by atoms with Gasteiger partial charge in [0.1, 0.15) is 5.76 Å². The summed E-state index contributed by atoms with van der Waals surface area (Å²) in [4.78, 5) is 21.7. The Morgan fingerprint density at radius 1 is 1.29 bits per heavy atom. The van der Waals surface area contributed by atoms with Crippen LogP contribution < -0.4 is 10.0 Å². The van der Waals surface area contributed by atoms with Gasteiger partial charge < -0.3 is 9.73 Å².